The average Bonchev–Trinajstić information content (AvgIpc) is 3.26. The van der Waals surface area contributed by atoms with Crippen molar-refractivity contribution in [3.8, 4) is 11.3 Å². The molecule has 34 heavy (non-hydrogen) atoms. The van der Waals surface area contributed by atoms with Crippen molar-refractivity contribution < 1.29 is 9.72 Å². The van der Waals surface area contributed by atoms with E-state index in [-0.39, 0.29) is 11.5 Å². The van der Waals surface area contributed by atoms with Gasteiger partial charge in [0.1, 0.15) is 17.0 Å². The molecular formula is C26H16N4O3S. The van der Waals surface area contributed by atoms with Crippen LogP contribution in [0, 0.1) is 10.1 Å². The largest absolute Gasteiger partial charge is 0.354 e. The maximum Gasteiger partial charge on any atom is 0.269 e. The molecule has 5 aromatic rings. The van der Waals surface area contributed by atoms with E-state index in [0.717, 1.165) is 21.2 Å². The van der Waals surface area contributed by atoms with Crippen LogP contribution in [0.5, 0.6) is 0 Å². The predicted octanol–water partition coefficient (Wildman–Crippen LogP) is 6.35. The average molecular weight is 465 g/mol. The minimum atomic E-state index is -0.449. The molecule has 1 aliphatic rings. The molecule has 0 unspecified atom stereocenters. The Balaban J connectivity index is 1.45. The highest BCUT2D eigenvalue weighted by atomic mass is 32.2. The molecule has 0 aliphatic carbocycles. The summed E-state index contributed by atoms with van der Waals surface area (Å²) >= 11 is 1.66. The Kier molecular flexibility index (Phi) is 4.67. The third-order valence-electron chi connectivity index (χ3n) is 5.71. The molecule has 1 N–H and O–H groups in total. The fraction of sp³-hybridized carbons (Fsp3) is 0. The molecule has 2 aromatic heterocycles. The Morgan fingerprint density at radius 3 is 2.50 bits per heavy atom. The number of anilines is 2. The third kappa shape index (κ3) is 3.32. The second-order valence-corrected chi connectivity index (χ2v) is 8.89. The van der Waals surface area contributed by atoms with Crippen LogP contribution >= 0.6 is 11.8 Å². The van der Waals surface area contributed by atoms with Gasteiger partial charge >= 0.3 is 0 Å². The minimum absolute atomic E-state index is 0.0149. The summed E-state index contributed by atoms with van der Waals surface area (Å²) in [5.74, 6) is -0.180. The lowest BCUT2D eigenvalue weighted by Gasteiger charge is -2.21. The number of nitro benzene ring substituents is 1. The van der Waals surface area contributed by atoms with Crippen LogP contribution < -0.4 is 5.32 Å². The number of ketones is 1. The highest BCUT2D eigenvalue weighted by molar-refractivity contribution is 7.99. The zero-order valence-corrected chi connectivity index (χ0v) is 18.5. The third-order valence-corrected chi connectivity index (χ3v) is 6.87. The van der Waals surface area contributed by atoms with Crippen molar-refractivity contribution in [2.45, 2.75) is 9.79 Å². The number of non-ortho nitro benzene ring substituents is 1. The van der Waals surface area contributed by atoms with Crippen LogP contribution in [0.1, 0.15) is 16.1 Å². The number of benzene rings is 3. The van der Waals surface area contributed by atoms with Crippen LogP contribution in [-0.4, -0.2) is 20.1 Å². The lowest BCUT2D eigenvalue weighted by atomic mass is 10.0. The van der Waals surface area contributed by atoms with Crippen LogP contribution in [0.15, 0.2) is 101 Å². The summed E-state index contributed by atoms with van der Waals surface area (Å²) in [6, 6.07) is 25.3. The first-order valence-electron chi connectivity index (χ1n) is 10.5. The van der Waals surface area contributed by atoms with Crippen molar-refractivity contribution in [3.63, 3.8) is 0 Å². The van der Waals surface area contributed by atoms with E-state index < -0.39 is 4.92 Å². The van der Waals surface area contributed by atoms with Gasteiger partial charge in [-0.15, -0.1) is 0 Å². The molecule has 0 saturated carbocycles. The Hall–Kier alpha value is -4.43. The maximum absolute atomic E-state index is 13.8. The van der Waals surface area contributed by atoms with Gasteiger partial charge in [-0.2, -0.15) is 0 Å². The fourth-order valence-electron chi connectivity index (χ4n) is 4.07. The highest BCUT2D eigenvalue weighted by Gasteiger charge is 2.24. The van der Waals surface area contributed by atoms with Crippen LogP contribution in [0.25, 0.3) is 16.9 Å². The molecule has 0 atom stereocenters. The van der Waals surface area contributed by atoms with Gasteiger partial charge in [-0.3, -0.25) is 19.3 Å². The summed E-state index contributed by atoms with van der Waals surface area (Å²) < 4.78 is 1.76. The SMILES string of the molecule is O=C(c1ccc2c(c1)Nc1ccccc1S2)c1c(-c2ccc([N+](=O)[O-])cc2)nc2ccccn12. The number of carbonyl (C=O) groups excluding carboxylic acids is 1. The molecule has 3 aromatic carbocycles. The number of nitrogens with zero attached hydrogens (tertiary/aromatic N) is 3. The van der Waals surface area contributed by atoms with Crippen LogP contribution in [-0.2, 0) is 0 Å². The lowest BCUT2D eigenvalue weighted by Crippen LogP contribution is -2.08. The van der Waals surface area contributed by atoms with Gasteiger partial charge in [0.25, 0.3) is 5.69 Å². The van der Waals surface area contributed by atoms with Crippen LogP contribution in [0.4, 0.5) is 17.1 Å². The van der Waals surface area contributed by atoms with Gasteiger partial charge in [-0.25, -0.2) is 4.98 Å². The maximum atomic E-state index is 13.8. The predicted molar refractivity (Wildman–Crippen MR) is 131 cm³/mol. The topological polar surface area (TPSA) is 89.5 Å². The lowest BCUT2D eigenvalue weighted by molar-refractivity contribution is -0.384. The van der Waals surface area contributed by atoms with Gasteiger partial charge in [0, 0.05) is 39.2 Å². The van der Waals surface area contributed by atoms with Crippen molar-refractivity contribution in [1.29, 1.82) is 0 Å². The molecule has 7 nitrogen and oxygen atoms in total. The number of imidazole rings is 1. The van der Waals surface area contributed by atoms with Gasteiger partial charge in [-0.1, -0.05) is 30.0 Å². The van der Waals surface area contributed by atoms with Crippen LogP contribution in [0.3, 0.4) is 0 Å². The summed E-state index contributed by atoms with van der Waals surface area (Å²) in [7, 11) is 0. The second kappa shape index (κ2) is 7.86. The number of pyridine rings is 1. The quantitative estimate of drug-likeness (QED) is 0.186. The summed E-state index contributed by atoms with van der Waals surface area (Å²) in [6.45, 7) is 0. The fourth-order valence-corrected chi connectivity index (χ4v) is 5.04. The van der Waals surface area contributed by atoms with Crippen molar-refractivity contribution in [2.75, 3.05) is 5.32 Å². The van der Waals surface area contributed by atoms with Crippen LogP contribution in [0.2, 0.25) is 0 Å². The molecular weight excluding hydrogens is 448 g/mol. The van der Waals surface area contributed by atoms with E-state index >= 15 is 0 Å². The van der Waals surface area contributed by atoms with Crippen molar-refractivity contribution in [1.82, 2.24) is 9.38 Å². The first kappa shape index (κ1) is 20.2. The molecule has 8 heteroatoms. The Morgan fingerprint density at radius 2 is 1.68 bits per heavy atom. The first-order chi connectivity index (χ1) is 16.6. The normalized spacial score (nSPS) is 12.0. The molecule has 0 saturated heterocycles. The molecule has 0 amide bonds. The zero-order chi connectivity index (χ0) is 23.2. The van der Waals surface area contributed by atoms with Gasteiger partial charge in [-0.05, 0) is 54.6 Å². The van der Waals surface area contributed by atoms with Gasteiger partial charge in [0.05, 0.1) is 16.3 Å². The van der Waals surface area contributed by atoms with E-state index in [4.69, 9.17) is 0 Å². The Morgan fingerprint density at radius 1 is 0.912 bits per heavy atom. The second-order valence-electron chi connectivity index (χ2n) is 7.81. The molecule has 0 radical (unpaired) electrons. The van der Waals surface area contributed by atoms with Crippen molar-refractivity contribution >= 4 is 40.3 Å². The van der Waals surface area contributed by atoms with Gasteiger partial charge in [0.15, 0.2) is 0 Å². The molecule has 0 spiro atoms. The smallest absolute Gasteiger partial charge is 0.269 e. The van der Waals surface area contributed by atoms with E-state index in [2.05, 4.69) is 16.4 Å². The van der Waals surface area contributed by atoms with Crippen molar-refractivity contribution in [2.24, 2.45) is 0 Å². The number of hydrogen-bond donors (Lipinski definition) is 1. The number of nitro groups is 1. The van der Waals surface area contributed by atoms with Gasteiger partial charge in [0.2, 0.25) is 5.78 Å². The number of carbonyl (C=O) groups is 1. The van der Waals surface area contributed by atoms with Crippen molar-refractivity contribution in [3.05, 3.63) is 112 Å². The minimum Gasteiger partial charge on any atom is -0.354 e. The van der Waals surface area contributed by atoms with E-state index in [1.807, 2.05) is 54.6 Å². The monoisotopic (exact) mass is 464 g/mol. The molecule has 0 fully saturated rings. The van der Waals surface area contributed by atoms with E-state index in [1.54, 1.807) is 34.5 Å². The number of aromatic nitrogens is 2. The number of rotatable bonds is 4. The number of nitrogens with one attached hydrogen (secondary N) is 1. The zero-order valence-electron chi connectivity index (χ0n) is 17.6. The van der Waals surface area contributed by atoms with E-state index in [9.17, 15) is 14.9 Å². The molecule has 1 aliphatic heterocycles. The standard InChI is InChI=1S/C26H16N4O3S/c31-26(17-10-13-22-20(15-17)27-19-5-1-2-6-21(19)34-22)25-24(28-23-7-3-4-14-29(23)25)16-8-11-18(12-9-16)30(32)33/h1-15,27H. The molecule has 164 valence electrons. The summed E-state index contributed by atoms with van der Waals surface area (Å²) in [4.78, 5) is 31.3. The number of hydrogen-bond acceptors (Lipinski definition) is 6. The highest BCUT2D eigenvalue weighted by Crippen LogP contribution is 2.44. The summed E-state index contributed by atoms with van der Waals surface area (Å²) in [6.07, 6.45) is 1.80. The Bertz CT molecular complexity index is 1610. The van der Waals surface area contributed by atoms with E-state index in [1.165, 1.54) is 12.1 Å². The first-order valence-corrected chi connectivity index (χ1v) is 11.3. The Labute approximate surface area is 198 Å². The number of fused-ring (bicyclic) bond motifs is 3. The summed E-state index contributed by atoms with van der Waals surface area (Å²) in [5, 5.41) is 14.5. The van der Waals surface area contributed by atoms with Gasteiger partial charge < -0.3 is 5.32 Å². The molecule has 6 rings (SSSR count). The summed E-state index contributed by atoms with van der Waals surface area (Å²) in [5.41, 5.74) is 4.55. The molecule has 3 heterocycles. The van der Waals surface area contributed by atoms with E-state index in [0.29, 0.717) is 28.2 Å². The molecule has 0 bridgehead atoms. The number of para-hydroxylation sites is 1.